The van der Waals surface area contributed by atoms with Crippen LogP contribution in [0.2, 0.25) is 0 Å². The Kier molecular flexibility index (Phi) is 9.83. The molecule has 156 valence electrons. The van der Waals surface area contributed by atoms with E-state index in [0.717, 1.165) is 50.7 Å². The fraction of sp³-hybridized carbons (Fsp3) is 0.600. The number of guanidine groups is 1. The number of hydrogen-bond acceptors (Lipinski definition) is 4. The number of aryl methyl sites for hydroxylation is 2. The van der Waals surface area contributed by atoms with Crippen molar-refractivity contribution in [2.45, 2.75) is 38.6 Å². The van der Waals surface area contributed by atoms with Gasteiger partial charge in [0.2, 0.25) is 0 Å². The van der Waals surface area contributed by atoms with Gasteiger partial charge in [-0.25, -0.2) is 0 Å². The summed E-state index contributed by atoms with van der Waals surface area (Å²) >= 11 is 0. The molecule has 0 spiro atoms. The first-order valence-corrected chi connectivity index (χ1v) is 10.0. The lowest BCUT2D eigenvalue weighted by Gasteiger charge is -2.24. The van der Waals surface area contributed by atoms with Gasteiger partial charge in [0, 0.05) is 26.3 Å². The molecule has 0 bridgehead atoms. The van der Waals surface area contributed by atoms with Gasteiger partial charge in [0.15, 0.2) is 5.96 Å². The molecule has 0 saturated carbocycles. The van der Waals surface area contributed by atoms with Crippen LogP contribution in [0.1, 0.15) is 43.6 Å². The van der Waals surface area contributed by atoms with Crippen LogP contribution in [-0.4, -0.2) is 53.4 Å². The number of aromatic nitrogens is 2. The van der Waals surface area contributed by atoms with Gasteiger partial charge in [-0.15, -0.1) is 24.0 Å². The molecule has 2 N–H and O–H groups in total. The van der Waals surface area contributed by atoms with Gasteiger partial charge < -0.3 is 15.1 Å². The SMILES string of the molecule is CCNC(=NCC(c1ccco1)N1CCCC1)NCCCc1cnn(C)c1.I. The molecule has 0 amide bonds. The zero-order valence-corrected chi connectivity index (χ0v) is 19.3. The van der Waals surface area contributed by atoms with Crippen molar-refractivity contribution in [3.63, 3.8) is 0 Å². The van der Waals surface area contributed by atoms with Crippen molar-refractivity contribution in [1.82, 2.24) is 25.3 Å². The van der Waals surface area contributed by atoms with Gasteiger partial charge in [-0.05, 0) is 63.4 Å². The quantitative estimate of drug-likeness (QED) is 0.240. The van der Waals surface area contributed by atoms with Crippen molar-refractivity contribution in [1.29, 1.82) is 0 Å². The Morgan fingerprint density at radius 3 is 2.79 bits per heavy atom. The van der Waals surface area contributed by atoms with E-state index in [1.165, 1.54) is 18.4 Å². The van der Waals surface area contributed by atoms with E-state index in [2.05, 4.69) is 39.8 Å². The van der Waals surface area contributed by atoms with Crippen molar-refractivity contribution in [2.75, 3.05) is 32.7 Å². The third-order valence-corrected chi connectivity index (χ3v) is 4.91. The molecule has 1 fully saturated rings. The number of hydrogen-bond donors (Lipinski definition) is 2. The summed E-state index contributed by atoms with van der Waals surface area (Å²) in [5.41, 5.74) is 1.27. The van der Waals surface area contributed by atoms with Crippen LogP contribution in [-0.2, 0) is 13.5 Å². The molecule has 7 nitrogen and oxygen atoms in total. The summed E-state index contributed by atoms with van der Waals surface area (Å²) < 4.78 is 7.54. The van der Waals surface area contributed by atoms with E-state index in [1.54, 1.807) is 6.26 Å². The molecule has 1 saturated heterocycles. The van der Waals surface area contributed by atoms with Gasteiger partial charge in [0.05, 0.1) is 25.0 Å². The first kappa shape index (κ1) is 22.7. The summed E-state index contributed by atoms with van der Waals surface area (Å²) in [5.74, 6) is 1.88. The molecule has 3 heterocycles. The summed E-state index contributed by atoms with van der Waals surface area (Å²) in [4.78, 5) is 7.32. The number of furan rings is 1. The number of aliphatic imine (C=N–C) groups is 1. The summed E-state index contributed by atoms with van der Waals surface area (Å²) in [7, 11) is 1.95. The van der Waals surface area contributed by atoms with E-state index in [0.29, 0.717) is 6.54 Å². The molecule has 8 heteroatoms. The monoisotopic (exact) mass is 500 g/mol. The third-order valence-electron chi connectivity index (χ3n) is 4.91. The van der Waals surface area contributed by atoms with Crippen LogP contribution in [0.4, 0.5) is 0 Å². The molecule has 1 unspecified atom stereocenters. The lowest BCUT2D eigenvalue weighted by atomic mass is 10.2. The van der Waals surface area contributed by atoms with Crippen LogP contribution in [0.15, 0.2) is 40.2 Å². The minimum absolute atomic E-state index is 0. The molecular weight excluding hydrogens is 467 g/mol. The predicted molar refractivity (Wildman–Crippen MR) is 123 cm³/mol. The Balaban J connectivity index is 0.00000280. The molecule has 3 rings (SSSR count). The smallest absolute Gasteiger partial charge is 0.191 e. The molecule has 1 aliphatic rings. The molecule has 28 heavy (non-hydrogen) atoms. The minimum Gasteiger partial charge on any atom is -0.468 e. The van der Waals surface area contributed by atoms with Gasteiger partial charge in [-0.3, -0.25) is 14.6 Å². The molecule has 0 aliphatic carbocycles. The second kappa shape index (κ2) is 12.1. The first-order valence-electron chi connectivity index (χ1n) is 10.0. The summed E-state index contributed by atoms with van der Waals surface area (Å²) in [6.07, 6.45) is 10.3. The van der Waals surface area contributed by atoms with E-state index in [9.17, 15) is 0 Å². The van der Waals surface area contributed by atoms with Crippen LogP contribution >= 0.6 is 24.0 Å². The number of rotatable bonds is 9. The normalized spacial score (nSPS) is 16.0. The molecule has 2 aromatic rings. The van der Waals surface area contributed by atoms with Gasteiger partial charge in [0.25, 0.3) is 0 Å². The van der Waals surface area contributed by atoms with Crippen LogP contribution in [0, 0.1) is 0 Å². The van der Waals surface area contributed by atoms with Crippen molar-refractivity contribution in [3.8, 4) is 0 Å². The van der Waals surface area contributed by atoms with Gasteiger partial charge >= 0.3 is 0 Å². The average molecular weight is 500 g/mol. The minimum atomic E-state index is 0. The maximum atomic E-state index is 5.69. The summed E-state index contributed by atoms with van der Waals surface area (Å²) in [5, 5.41) is 11.0. The fourth-order valence-electron chi connectivity index (χ4n) is 3.54. The zero-order valence-electron chi connectivity index (χ0n) is 16.9. The number of nitrogens with one attached hydrogen (secondary N) is 2. The Labute approximate surface area is 185 Å². The Hall–Kier alpha value is -1.55. The van der Waals surface area contributed by atoms with Crippen LogP contribution in [0.5, 0.6) is 0 Å². The van der Waals surface area contributed by atoms with Crippen molar-refractivity contribution >= 4 is 29.9 Å². The summed E-state index contributed by atoms with van der Waals surface area (Å²) in [6, 6.07) is 4.24. The maximum absolute atomic E-state index is 5.69. The van der Waals surface area contributed by atoms with E-state index in [-0.39, 0.29) is 30.0 Å². The molecular formula is C20H33IN6O. The van der Waals surface area contributed by atoms with E-state index >= 15 is 0 Å². The maximum Gasteiger partial charge on any atom is 0.191 e. The highest BCUT2D eigenvalue weighted by molar-refractivity contribution is 14.0. The average Bonchev–Trinajstić information content (AvgIpc) is 3.42. The Morgan fingerprint density at radius 1 is 1.32 bits per heavy atom. The highest BCUT2D eigenvalue weighted by Gasteiger charge is 2.25. The third kappa shape index (κ3) is 6.80. The van der Waals surface area contributed by atoms with Crippen molar-refractivity contribution in [2.24, 2.45) is 12.0 Å². The largest absolute Gasteiger partial charge is 0.468 e. The molecule has 1 atom stereocenters. The number of halogens is 1. The standard InChI is InChI=1S/C20H32N6O.HI/c1-3-21-20(22-10-6-8-17-14-24-25(2)16-17)23-15-18(19-9-7-13-27-19)26-11-4-5-12-26;/h7,9,13-14,16,18H,3-6,8,10-12,15H2,1-2H3,(H2,21,22,23);1H. The Morgan fingerprint density at radius 2 is 2.14 bits per heavy atom. The highest BCUT2D eigenvalue weighted by atomic mass is 127. The van der Waals surface area contributed by atoms with Gasteiger partial charge in [-0.2, -0.15) is 5.10 Å². The molecule has 1 aliphatic heterocycles. The first-order chi connectivity index (χ1) is 13.3. The molecule has 2 aromatic heterocycles. The van der Waals surface area contributed by atoms with E-state index in [1.807, 2.05) is 24.0 Å². The predicted octanol–water partition coefficient (Wildman–Crippen LogP) is 2.96. The van der Waals surface area contributed by atoms with E-state index < -0.39 is 0 Å². The van der Waals surface area contributed by atoms with Crippen LogP contribution in [0.25, 0.3) is 0 Å². The lowest BCUT2D eigenvalue weighted by Crippen LogP contribution is -2.39. The topological polar surface area (TPSA) is 70.6 Å². The van der Waals surface area contributed by atoms with Crippen LogP contribution in [0.3, 0.4) is 0 Å². The number of likely N-dealkylation sites (tertiary alicyclic amines) is 1. The molecule has 0 radical (unpaired) electrons. The molecule has 0 aromatic carbocycles. The van der Waals surface area contributed by atoms with Crippen LogP contribution < -0.4 is 10.6 Å². The Bertz CT molecular complexity index is 693. The van der Waals surface area contributed by atoms with Crippen molar-refractivity contribution in [3.05, 3.63) is 42.1 Å². The summed E-state index contributed by atoms with van der Waals surface area (Å²) in [6.45, 7) is 6.77. The van der Waals surface area contributed by atoms with Gasteiger partial charge in [0.1, 0.15) is 5.76 Å². The zero-order chi connectivity index (χ0) is 18.9. The second-order valence-electron chi connectivity index (χ2n) is 7.05. The fourth-order valence-corrected chi connectivity index (χ4v) is 3.54. The van der Waals surface area contributed by atoms with Gasteiger partial charge in [-0.1, -0.05) is 0 Å². The second-order valence-corrected chi connectivity index (χ2v) is 7.05. The van der Waals surface area contributed by atoms with Crippen molar-refractivity contribution < 1.29 is 4.42 Å². The van der Waals surface area contributed by atoms with E-state index in [4.69, 9.17) is 9.41 Å². The lowest BCUT2D eigenvalue weighted by molar-refractivity contribution is 0.221. The number of nitrogens with zero attached hydrogens (tertiary/aromatic N) is 4. The highest BCUT2D eigenvalue weighted by Crippen LogP contribution is 2.25.